The molecule has 132 valence electrons. The highest BCUT2D eigenvalue weighted by Crippen LogP contribution is 2.18. The van der Waals surface area contributed by atoms with E-state index >= 15 is 0 Å². The second kappa shape index (κ2) is 7.51. The third kappa shape index (κ3) is 4.26. The molecular weight excluding hydrogens is 306 g/mol. The van der Waals surface area contributed by atoms with Crippen molar-refractivity contribution in [2.24, 2.45) is 0 Å². The van der Waals surface area contributed by atoms with Crippen LogP contribution in [0, 0.1) is 6.92 Å². The number of aliphatic hydroxyl groups is 2. The Hall–Kier alpha value is -1.63. The first kappa shape index (κ1) is 17.2. The van der Waals surface area contributed by atoms with Gasteiger partial charge in [0, 0.05) is 51.4 Å². The Morgan fingerprint density at radius 1 is 1.12 bits per heavy atom. The first-order chi connectivity index (χ1) is 11.5. The van der Waals surface area contributed by atoms with Crippen LogP contribution >= 0.6 is 0 Å². The summed E-state index contributed by atoms with van der Waals surface area (Å²) in [6, 6.07) is 8.50. The number of piperidine rings is 1. The van der Waals surface area contributed by atoms with Crippen LogP contribution in [0.3, 0.4) is 0 Å². The number of piperazine rings is 1. The maximum atomic E-state index is 12.4. The van der Waals surface area contributed by atoms with Crippen LogP contribution in [0.25, 0.3) is 0 Å². The molecule has 0 spiro atoms. The van der Waals surface area contributed by atoms with Gasteiger partial charge in [-0.25, -0.2) is 0 Å². The van der Waals surface area contributed by atoms with Gasteiger partial charge in [-0.15, -0.1) is 0 Å². The van der Waals surface area contributed by atoms with Crippen molar-refractivity contribution in [3.8, 4) is 0 Å². The van der Waals surface area contributed by atoms with Crippen LogP contribution in [0.2, 0.25) is 0 Å². The Labute approximate surface area is 143 Å². The zero-order valence-corrected chi connectivity index (χ0v) is 14.3. The minimum Gasteiger partial charge on any atom is -0.391 e. The molecule has 0 bridgehead atoms. The van der Waals surface area contributed by atoms with Crippen LogP contribution in [0.1, 0.15) is 12.0 Å². The molecule has 2 N–H and O–H groups in total. The molecule has 24 heavy (non-hydrogen) atoms. The number of nitrogens with zero attached hydrogens (tertiary/aromatic N) is 3. The van der Waals surface area contributed by atoms with E-state index in [0.29, 0.717) is 26.1 Å². The van der Waals surface area contributed by atoms with E-state index in [-0.39, 0.29) is 5.91 Å². The van der Waals surface area contributed by atoms with Gasteiger partial charge in [-0.3, -0.25) is 9.69 Å². The number of carbonyl (C=O) groups excluding carboxylic acids is 1. The average molecular weight is 333 g/mol. The summed E-state index contributed by atoms with van der Waals surface area (Å²) in [5, 5.41) is 19.4. The van der Waals surface area contributed by atoms with Crippen molar-refractivity contribution in [2.45, 2.75) is 25.6 Å². The standard InChI is InChI=1S/C18H27N3O3/c1-14-3-2-4-15(9-14)20-7-5-19(6-8-20)13-18(24)21-11-16(22)10-17(23)12-21/h2-4,9,16-17,22-23H,5-8,10-13H2,1H3/t16-,17-/m1/s1. The van der Waals surface area contributed by atoms with E-state index in [2.05, 4.69) is 41.0 Å². The molecule has 0 aliphatic carbocycles. The number of likely N-dealkylation sites (tertiary alicyclic amines) is 1. The summed E-state index contributed by atoms with van der Waals surface area (Å²) >= 11 is 0. The van der Waals surface area contributed by atoms with Gasteiger partial charge >= 0.3 is 0 Å². The van der Waals surface area contributed by atoms with Crippen LogP contribution in [0.5, 0.6) is 0 Å². The van der Waals surface area contributed by atoms with Gasteiger partial charge in [0.2, 0.25) is 5.91 Å². The summed E-state index contributed by atoms with van der Waals surface area (Å²) in [7, 11) is 0. The lowest BCUT2D eigenvalue weighted by molar-refractivity contribution is -0.138. The van der Waals surface area contributed by atoms with Gasteiger partial charge in [0.1, 0.15) is 0 Å². The number of hydrogen-bond acceptors (Lipinski definition) is 5. The highest BCUT2D eigenvalue weighted by atomic mass is 16.3. The van der Waals surface area contributed by atoms with Crippen LogP contribution in [0.15, 0.2) is 24.3 Å². The first-order valence-corrected chi connectivity index (χ1v) is 8.69. The minimum absolute atomic E-state index is 0.00296. The molecular formula is C18H27N3O3. The van der Waals surface area contributed by atoms with E-state index in [1.807, 2.05) is 0 Å². The lowest BCUT2D eigenvalue weighted by atomic mass is 10.1. The van der Waals surface area contributed by atoms with Crippen molar-refractivity contribution in [3.63, 3.8) is 0 Å². The summed E-state index contributed by atoms with van der Waals surface area (Å²) in [4.78, 5) is 18.5. The van der Waals surface area contributed by atoms with Crippen LogP contribution < -0.4 is 4.90 Å². The second-order valence-electron chi connectivity index (χ2n) is 6.94. The van der Waals surface area contributed by atoms with Gasteiger partial charge in [0.15, 0.2) is 0 Å². The molecule has 0 saturated carbocycles. The number of β-amino-alcohol motifs (C(OH)–C–C–N with tert-alkyl or cyclic N) is 2. The summed E-state index contributed by atoms with van der Waals surface area (Å²) in [6.07, 6.45) is -0.870. The Morgan fingerprint density at radius 3 is 2.42 bits per heavy atom. The molecule has 2 saturated heterocycles. The van der Waals surface area contributed by atoms with Crippen molar-refractivity contribution < 1.29 is 15.0 Å². The van der Waals surface area contributed by atoms with Gasteiger partial charge < -0.3 is 20.0 Å². The molecule has 0 aromatic heterocycles. The third-order valence-electron chi connectivity index (χ3n) is 4.86. The van der Waals surface area contributed by atoms with Crippen LogP contribution in [-0.2, 0) is 4.79 Å². The Kier molecular flexibility index (Phi) is 5.38. The maximum Gasteiger partial charge on any atom is 0.236 e. The fraction of sp³-hybridized carbons (Fsp3) is 0.611. The van der Waals surface area contributed by atoms with Crippen LogP contribution in [-0.4, -0.2) is 83.9 Å². The van der Waals surface area contributed by atoms with Gasteiger partial charge in [-0.2, -0.15) is 0 Å². The number of amides is 1. The molecule has 1 amide bonds. The molecule has 2 aliphatic heterocycles. The minimum atomic E-state index is -0.615. The molecule has 2 heterocycles. The van der Waals surface area contributed by atoms with E-state index in [9.17, 15) is 15.0 Å². The van der Waals surface area contributed by atoms with Gasteiger partial charge in [-0.1, -0.05) is 12.1 Å². The molecule has 2 aliphatic rings. The van der Waals surface area contributed by atoms with Crippen molar-refractivity contribution in [1.82, 2.24) is 9.80 Å². The molecule has 0 unspecified atom stereocenters. The molecule has 3 rings (SSSR count). The summed E-state index contributed by atoms with van der Waals surface area (Å²) in [5.41, 5.74) is 2.50. The van der Waals surface area contributed by atoms with Crippen molar-refractivity contribution >= 4 is 11.6 Å². The van der Waals surface area contributed by atoms with E-state index < -0.39 is 12.2 Å². The Bertz CT molecular complexity index is 562. The van der Waals surface area contributed by atoms with E-state index in [1.165, 1.54) is 11.3 Å². The second-order valence-corrected chi connectivity index (χ2v) is 6.94. The Morgan fingerprint density at radius 2 is 1.79 bits per heavy atom. The zero-order chi connectivity index (χ0) is 17.1. The predicted molar refractivity (Wildman–Crippen MR) is 93.0 cm³/mol. The van der Waals surface area contributed by atoms with Gasteiger partial charge in [-0.05, 0) is 24.6 Å². The topological polar surface area (TPSA) is 67.2 Å². The number of carbonyl (C=O) groups is 1. The van der Waals surface area contributed by atoms with Gasteiger partial charge in [0.25, 0.3) is 0 Å². The number of anilines is 1. The quantitative estimate of drug-likeness (QED) is 0.819. The van der Waals surface area contributed by atoms with E-state index in [0.717, 1.165) is 26.2 Å². The molecule has 1 aromatic rings. The third-order valence-corrected chi connectivity index (χ3v) is 4.86. The molecule has 2 fully saturated rings. The maximum absolute atomic E-state index is 12.4. The van der Waals surface area contributed by atoms with Crippen LogP contribution in [0.4, 0.5) is 5.69 Å². The summed E-state index contributed by atoms with van der Waals surface area (Å²) in [6.45, 7) is 6.63. The number of aliphatic hydroxyl groups excluding tert-OH is 2. The Balaban J connectivity index is 1.49. The number of aryl methyl sites for hydroxylation is 1. The van der Waals surface area contributed by atoms with Crippen molar-refractivity contribution in [2.75, 3.05) is 50.7 Å². The first-order valence-electron chi connectivity index (χ1n) is 8.69. The van der Waals surface area contributed by atoms with E-state index in [4.69, 9.17) is 0 Å². The molecule has 0 radical (unpaired) electrons. The highest BCUT2D eigenvalue weighted by Gasteiger charge is 2.29. The lowest BCUT2D eigenvalue weighted by Gasteiger charge is -2.38. The summed E-state index contributed by atoms with van der Waals surface area (Å²) in [5.74, 6) is -0.00296. The molecule has 6 nitrogen and oxygen atoms in total. The lowest BCUT2D eigenvalue weighted by Crippen LogP contribution is -2.54. The number of benzene rings is 1. The summed E-state index contributed by atoms with van der Waals surface area (Å²) < 4.78 is 0. The van der Waals surface area contributed by atoms with E-state index in [1.54, 1.807) is 4.90 Å². The molecule has 2 atom stereocenters. The smallest absolute Gasteiger partial charge is 0.236 e. The SMILES string of the molecule is Cc1cccc(N2CCN(CC(=O)N3C[C@H](O)C[C@@H](O)C3)CC2)c1. The largest absolute Gasteiger partial charge is 0.391 e. The van der Waals surface area contributed by atoms with Crippen molar-refractivity contribution in [3.05, 3.63) is 29.8 Å². The fourth-order valence-corrected chi connectivity index (χ4v) is 3.53. The number of hydrogen-bond donors (Lipinski definition) is 2. The zero-order valence-electron chi connectivity index (χ0n) is 14.3. The normalized spacial score (nSPS) is 25.8. The molecule has 1 aromatic carbocycles. The molecule has 6 heteroatoms. The monoisotopic (exact) mass is 333 g/mol. The highest BCUT2D eigenvalue weighted by molar-refractivity contribution is 5.78. The van der Waals surface area contributed by atoms with Gasteiger partial charge in [0.05, 0.1) is 18.8 Å². The predicted octanol–water partition coefficient (Wildman–Crippen LogP) is 0.0711. The van der Waals surface area contributed by atoms with Crippen molar-refractivity contribution in [1.29, 1.82) is 0 Å². The fourth-order valence-electron chi connectivity index (χ4n) is 3.53. The average Bonchev–Trinajstić information content (AvgIpc) is 2.54. The number of rotatable bonds is 3.